The molecule has 0 saturated heterocycles. The molecule has 1 atom stereocenters. The van der Waals surface area contributed by atoms with Gasteiger partial charge in [0.05, 0.1) is 6.04 Å². The Bertz CT molecular complexity index is 429. The lowest BCUT2D eigenvalue weighted by Crippen LogP contribution is -2.43. The van der Waals surface area contributed by atoms with Gasteiger partial charge in [0.15, 0.2) is 5.13 Å². The quantitative estimate of drug-likeness (QED) is 0.734. The largest absolute Gasteiger partial charge is 0.358 e. The van der Waals surface area contributed by atoms with Gasteiger partial charge in [0.1, 0.15) is 0 Å². The van der Waals surface area contributed by atoms with Crippen molar-refractivity contribution in [3.63, 3.8) is 0 Å². The van der Waals surface area contributed by atoms with Crippen LogP contribution in [0, 0.1) is 5.92 Å². The first-order valence-electron chi connectivity index (χ1n) is 7.66. The third-order valence-corrected chi connectivity index (χ3v) is 4.43. The topological polar surface area (TPSA) is 57.3 Å². The van der Waals surface area contributed by atoms with Gasteiger partial charge in [-0.2, -0.15) is 0 Å². The van der Waals surface area contributed by atoms with E-state index in [0.29, 0.717) is 12.5 Å². The monoisotopic (exact) mass is 312 g/mol. The van der Waals surface area contributed by atoms with Gasteiger partial charge in [-0.3, -0.25) is 4.79 Å². The van der Waals surface area contributed by atoms with E-state index >= 15 is 0 Å². The Labute approximate surface area is 132 Å². The van der Waals surface area contributed by atoms with E-state index in [4.69, 9.17) is 0 Å². The number of nitrogens with one attached hydrogen (secondary N) is 2. The molecule has 120 valence electrons. The zero-order valence-electron chi connectivity index (χ0n) is 13.8. The highest BCUT2D eigenvalue weighted by Crippen LogP contribution is 2.22. The van der Waals surface area contributed by atoms with Gasteiger partial charge >= 0.3 is 0 Å². The van der Waals surface area contributed by atoms with E-state index in [0.717, 1.165) is 29.5 Å². The van der Waals surface area contributed by atoms with Gasteiger partial charge in [0, 0.05) is 37.8 Å². The first-order valence-corrected chi connectivity index (χ1v) is 8.48. The third kappa shape index (κ3) is 5.63. The van der Waals surface area contributed by atoms with Crippen molar-refractivity contribution in [2.45, 2.75) is 46.7 Å². The van der Waals surface area contributed by atoms with Gasteiger partial charge in [-0.1, -0.05) is 13.8 Å². The molecule has 0 radical (unpaired) electrons. The molecule has 6 heteroatoms. The maximum absolute atomic E-state index is 11.9. The summed E-state index contributed by atoms with van der Waals surface area (Å²) in [5.74, 6) is 0.532. The van der Waals surface area contributed by atoms with Gasteiger partial charge in [0.2, 0.25) is 5.91 Å². The third-order valence-electron chi connectivity index (χ3n) is 3.37. The highest BCUT2D eigenvalue weighted by atomic mass is 32.1. The molecule has 0 aromatic carbocycles. The molecule has 1 rings (SSSR count). The van der Waals surface area contributed by atoms with E-state index in [1.54, 1.807) is 18.4 Å². The molecule has 0 bridgehead atoms. The predicted octanol–water partition coefficient (Wildman–Crippen LogP) is 2.24. The Kier molecular flexibility index (Phi) is 7.67. The number of carbonyl (C=O) groups excluding carboxylic acids is 1. The molecule has 1 amide bonds. The standard InChI is InChI=1S/C15H28N4OS/c1-6-19(7-2)15-18-10-12(21-15)9-17-13(8-11(3)4)14(20)16-5/h10-11,13,17H,6-9H2,1-5H3,(H,16,20). The maximum atomic E-state index is 11.9. The zero-order chi connectivity index (χ0) is 15.8. The second kappa shape index (κ2) is 9.00. The zero-order valence-corrected chi connectivity index (χ0v) is 14.6. The van der Waals surface area contributed by atoms with E-state index in [-0.39, 0.29) is 11.9 Å². The highest BCUT2D eigenvalue weighted by molar-refractivity contribution is 7.15. The highest BCUT2D eigenvalue weighted by Gasteiger charge is 2.18. The Balaban J connectivity index is 2.61. The summed E-state index contributed by atoms with van der Waals surface area (Å²) in [5.41, 5.74) is 0. The van der Waals surface area contributed by atoms with Crippen molar-refractivity contribution in [3.05, 3.63) is 11.1 Å². The Morgan fingerprint density at radius 3 is 2.57 bits per heavy atom. The van der Waals surface area contributed by atoms with Gasteiger partial charge in [0.25, 0.3) is 0 Å². The number of likely N-dealkylation sites (N-methyl/N-ethyl adjacent to an activating group) is 1. The Morgan fingerprint density at radius 2 is 2.05 bits per heavy atom. The van der Waals surface area contributed by atoms with E-state index in [9.17, 15) is 4.79 Å². The molecule has 1 aromatic rings. The van der Waals surface area contributed by atoms with Gasteiger partial charge < -0.3 is 15.5 Å². The SMILES string of the molecule is CCN(CC)c1ncc(CNC(CC(C)C)C(=O)NC)s1. The first-order chi connectivity index (χ1) is 10.0. The van der Waals surface area contributed by atoms with Crippen LogP contribution in [0.5, 0.6) is 0 Å². The summed E-state index contributed by atoms with van der Waals surface area (Å²) < 4.78 is 0. The smallest absolute Gasteiger partial charge is 0.236 e. The molecule has 21 heavy (non-hydrogen) atoms. The molecule has 0 fully saturated rings. The number of anilines is 1. The molecule has 5 nitrogen and oxygen atoms in total. The van der Waals surface area contributed by atoms with Crippen LogP contribution >= 0.6 is 11.3 Å². The molecule has 0 spiro atoms. The number of thiazole rings is 1. The van der Waals surface area contributed by atoms with Crippen molar-refractivity contribution < 1.29 is 4.79 Å². The van der Waals surface area contributed by atoms with Gasteiger partial charge in [-0.05, 0) is 26.2 Å². The van der Waals surface area contributed by atoms with Crippen LogP contribution in [-0.4, -0.2) is 37.1 Å². The Hall–Kier alpha value is -1.14. The maximum Gasteiger partial charge on any atom is 0.236 e. The molecule has 1 heterocycles. The van der Waals surface area contributed by atoms with Crippen molar-refractivity contribution in [2.24, 2.45) is 5.92 Å². The number of aromatic nitrogens is 1. The predicted molar refractivity (Wildman–Crippen MR) is 89.8 cm³/mol. The fraction of sp³-hybridized carbons (Fsp3) is 0.733. The van der Waals surface area contributed by atoms with E-state index in [2.05, 4.69) is 48.2 Å². The number of carbonyl (C=O) groups is 1. The normalized spacial score (nSPS) is 12.5. The van der Waals surface area contributed by atoms with Crippen molar-refractivity contribution in [2.75, 3.05) is 25.0 Å². The number of hydrogen-bond acceptors (Lipinski definition) is 5. The molecular weight excluding hydrogens is 284 g/mol. The minimum Gasteiger partial charge on any atom is -0.358 e. The minimum absolute atomic E-state index is 0.0529. The van der Waals surface area contributed by atoms with Crippen LogP contribution < -0.4 is 15.5 Å². The fourth-order valence-electron chi connectivity index (χ4n) is 2.17. The molecule has 0 aliphatic heterocycles. The number of nitrogens with zero attached hydrogens (tertiary/aromatic N) is 2. The molecule has 0 saturated carbocycles. The van der Waals surface area contributed by atoms with Crippen molar-refractivity contribution in [3.8, 4) is 0 Å². The molecule has 0 aliphatic carbocycles. The average molecular weight is 312 g/mol. The summed E-state index contributed by atoms with van der Waals surface area (Å²) in [5, 5.41) is 7.13. The summed E-state index contributed by atoms with van der Waals surface area (Å²) in [6.45, 7) is 11.1. The molecular formula is C15H28N4OS. The second-order valence-electron chi connectivity index (χ2n) is 5.46. The van der Waals surface area contributed by atoms with Crippen molar-refractivity contribution >= 4 is 22.4 Å². The van der Waals surface area contributed by atoms with Crippen LogP contribution in [0.25, 0.3) is 0 Å². The van der Waals surface area contributed by atoms with Gasteiger partial charge in [-0.25, -0.2) is 4.98 Å². The number of hydrogen-bond donors (Lipinski definition) is 2. The summed E-state index contributed by atoms with van der Waals surface area (Å²) in [6.07, 6.45) is 2.74. The lowest BCUT2D eigenvalue weighted by atomic mass is 10.0. The van der Waals surface area contributed by atoms with Crippen molar-refractivity contribution in [1.82, 2.24) is 15.6 Å². The average Bonchev–Trinajstić information content (AvgIpc) is 2.92. The van der Waals surface area contributed by atoms with E-state index in [1.807, 2.05) is 6.20 Å². The number of amides is 1. The summed E-state index contributed by atoms with van der Waals surface area (Å²) in [7, 11) is 1.68. The fourth-order valence-corrected chi connectivity index (χ4v) is 3.16. The summed E-state index contributed by atoms with van der Waals surface area (Å²) in [6, 6.07) is -0.144. The molecule has 1 aromatic heterocycles. The molecule has 2 N–H and O–H groups in total. The van der Waals surface area contributed by atoms with Crippen LogP contribution in [-0.2, 0) is 11.3 Å². The van der Waals surface area contributed by atoms with Crippen molar-refractivity contribution in [1.29, 1.82) is 0 Å². The Morgan fingerprint density at radius 1 is 1.38 bits per heavy atom. The van der Waals surface area contributed by atoms with Crippen LogP contribution in [0.1, 0.15) is 39.0 Å². The second-order valence-corrected chi connectivity index (χ2v) is 6.55. The van der Waals surface area contributed by atoms with E-state index < -0.39 is 0 Å². The van der Waals surface area contributed by atoms with Crippen LogP contribution in [0.4, 0.5) is 5.13 Å². The summed E-state index contributed by atoms with van der Waals surface area (Å²) in [4.78, 5) is 19.7. The lowest BCUT2D eigenvalue weighted by molar-refractivity contribution is -0.123. The number of rotatable bonds is 9. The minimum atomic E-state index is -0.144. The first kappa shape index (κ1) is 17.9. The summed E-state index contributed by atoms with van der Waals surface area (Å²) >= 11 is 1.69. The lowest BCUT2D eigenvalue weighted by Gasteiger charge is -2.18. The van der Waals surface area contributed by atoms with Crippen LogP contribution in [0.15, 0.2) is 6.20 Å². The molecule has 0 aliphatic rings. The van der Waals surface area contributed by atoms with Crippen LogP contribution in [0.2, 0.25) is 0 Å². The van der Waals surface area contributed by atoms with Crippen LogP contribution in [0.3, 0.4) is 0 Å². The van der Waals surface area contributed by atoms with E-state index in [1.165, 1.54) is 0 Å². The molecule has 1 unspecified atom stereocenters. The van der Waals surface area contributed by atoms with Gasteiger partial charge in [-0.15, -0.1) is 11.3 Å².